The van der Waals surface area contributed by atoms with Gasteiger partial charge in [0.25, 0.3) is 0 Å². The molecule has 0 saturated carbocycles. The van der Waals surface area contributed by atoms with E-state index in [1.807, 2.05) is 24.3 Å². The Kier molecular flexibility index (Phi) is 4.19. The van der Waals surface area contributed by atoms with Crippen molar-refractivity contribution in [1.29, 1.82) is 0 Å². The molecular formula is C20H16F2N2O2S. The fourth-order valence-corrected chi connectivity index (χ4v) is 4.27. The lowest BCUT2D eigenvalue weighted by atomic mass is 10.1. The Balaban J connectivity index is 1.83. The largest absolute Gasteiger partial charge is 0.480 e. The third-order valence-electron chi connectivity index (χ3n) is 4.73. The number of aromatic nitrogens is 2. The van der Waals surface area contributed by atoms with Crippen LogP contribution in [0.5, 0.6) is 0 Å². The second-order valence-corrected chi connectivity index (χ2v) is 7.63. The number of nitrogens with zero attached hydrogens (tertiary/aromatic N) is 2. The van der Waals surface area contributed by atoms with E-state index in [4.69, 9.17) is 0 Å². The van der Waals surface area contributed by atoms with Crippen LogP contribution in [0.25, 0.3) is 21.1 Å². The van der Waals surface area contributed by atoms with E-state index in [2.05, 4.69) is 4.98 Å². The van der Waals surface area contributed by atoms with Crippen LogP contribution in [0.15, 0.2) is 36.5 Å². The first kappa shape index (κ1) is 17.6. The van der Waals surface area contributed by atoms with Crippen LogP contribution in [-0.2, 0) is 11.2 Å². The number of rotatable bonds is 4. The number of fused-ring (bicyclic) bond motifs is 2. The highest BCUT2D eigenvalue weighted by Crippen LogP contribution is 2.32. The molecule has 27 heavy (non-hydrogen) atoms. The zero-order valence-corrected chi connectivity index (χ0v) is 15.5. The van der Waals surface area contributed by atoms with Gasteiger partial charge in [0.15, 0.2) is 5.82 Å². The molecule has 7 heteroatoms. The van der Waals surface area contributed by atoms with Crippen molar-refractivity contribution in [3.05, 3.63) is 64.3 Å². The minimum absolute atomic E-state index is 0.0511. The Morgan fingerprint density at radius 3 is 2.81 bits per heavy atom. The highest BCUT2D eigenvalue weighted by atomic mass is 32.1. The number of benzene rings is 2. The van der Waals surface area contributed by atoms with Gasteiger partial charge in [-0.05, 0) is 37.1 Å². The van der Waals surface area contributed by atoms with Crippen molar-refractivity contribution in [3.63, 3.8) is 0 Å². The lowest BCUT2D eigenvalue weighted by Gasteiger charge is -2.09. The van der Waals surface area contributed by atoms with Gasteiger partial charge in [-0.3, -0.25) is 0 Å². The molecule has 138 valence electrons. The van der Waals surface area contributed by atoms with Crippen LogP contribution < -0.4 is 0 Å². The van der Waals surface area contributed by atoms with Crippen LogP contribution in [0.2, 0.25) is 0 Å². The van der Waals surface area contributed by atoms with Crippen LogP contribution in [-0.4, -0.2) is 20.6 Å². The van der Waals surface area contributed by atoms with Crippen LogP contribution in [0.3, 0.4) is 0 Å². The predicted molar refractivity (Wildman–Crippen MR) is 101 cm³/mol. The van der Waals surface area contributed by atoms with E-state index in [9.17, 15) is 18.7 Å². The average Bonchev–Trinajstić information content (AvgIpc) is 3.22. The van der Waals surface area contributed by atoms with Gasteiger partial charge in [0.05, 0.1) is 9.71 Å². The van der Waals surface area contributed by atoms with Crippen molar-refractivity contribution in [2.45, 2.75) is 26.3 Å². The third kappa shape index (κ3) is 2.88. The average molecular weight is 386 g/mol. The molecule has 1 N–H and O–H groups in total. The second-order valence-electron chi connectivity index (χ2n) is 6.54. The summed E-state index contributed by atoms with van der Waals surface area (Å²) in [6, 6.07) is 7.95. The quantitative estimate of drug-likeness (QED) is 0.532. The van der Waals surface area contributed by atoms with Crippen molar-refractivity contribution in [2.24, 2.45) is 0 Å². The van der Waals surface area contributed by atoms with Crippen LogP contribution in [0, 0.1) is 18.6 Å². The normalized spacial score (nSPS) is 12.7. The number of aliphatic carboxylic acids is 1. The van der Waals surface area contributed by atoms with E-state index < -0.39 is 23.6 Å². The molecule has 0 bridgehead atoms. The number of halogens is 2. The van der Waals surface area contributed by atoms with Gasteiger partial charge in [-0.1, -0.05) is 18.2 Å². The van der Waals surface area contributed by atoms with Crippen molar-refractivity contribution < 1.29 is 18.7 Å². The molecule has 0 amide bonds. The summed E-state index contributed by atoms with van der Waals surface area (Å²) in [6.07, 6.45) is 2.16. The third-order valence-corrected chi connectivity index (χ3v) is 5.79. The van der Waals surface area contributed by atoms with E-state index in [-0.39, 0.29) is 15.8 Å². The Bertz CT molecular complexity index is 1200. The van der Waals surface area contributed by atoms with E-state index in [0.717, 1.165) is 27.8 Å². The first-order valence-electron chi connectivity index (χ1n) is 8.42. The zero-order chi connectivity index (χ0) is 19.3. The van der Waals surface area contributed by atoms with Gasteiger partial charge in [0.2, 0.25) is 0 Å². The van der Waals surface area contributed by atoms with E-state index in [1.54, 1.807) is 17.7 Å². The number of hydrogen-bond donors (Lipinski definition) is 1. The van der Waals surface area contributed by atoms with Crippen LogP contribution in [0.1, 0.15) is 29.1 Å². The molecule has 2 aromatic heterocycles. The smallest absolute Gasteiger partial charge is 0.326 e. The monoisotopic (exact) mass is 386 g/mol. The SMILES string of the molecule is Cc1cc(F)c2sc(Cc3cn(C(C)C(=O)O)c4ccccc34)nc2c1F. The molecule has 0 saturated heterocycles. The summed E-state index contributed by atoms with van der Waals surface area (Å²) in [5.41, 5.74) is 1.95. The Morgan fingerprint density at radius 2 is 2.07 bits per heavy atom. The summed E-state index contributed by atoms with van der Waals surface area (Å²) < 4.78 is 30.4. The van der Waals surface area contributed by atoms with E-state index in [1.165, 1.54) is 13.0 Å². The molecule has 0 aliphatic carbocycles. The molecule has 2 heterocycles. The molecule has 4 rings (SSSR count). The lowest BCUT2D eigenvalue weighted by molar-refractivity contribution is -0.140. The summed E-state index contributed by atoms with van der Waals surface area (Å²) in [7, 11) is 0. The molecule has 1 atom stereocenters. The van der Waals surface area contributed by atoms with Crippen molar-refractivity contribution in [2.75, 3.05) is 0 Å². The Hall–Kier alpha value is -2.80. The highest BCUT2D eigenvalue weighted by molar-refractivity contribution is 7.18. The van der Waals surface area contributed by atoms with E-state index in [0.29, 0.717) is 11.4 Å². The fourth-order valence-electron chi connectivity index (χ4n) is 3.28. The number of thiazole rings is 1. The number of carboxylic acids is 1. The predicted octanol–water partition coefficient (Wildman–Crippen LogP) is 5.07. The van der Waals surface area contributed by atoms with Gasteiger partial charge in [0, 0.05) is 23.5 Å². The highest BCUT2D eigenvalue weighted by Gasteiger charge is 2.20. The number of para-hydroxylation sites is 1. The molecule has 0 aliphatic rings. The number of carboxylic acid groups (broad SMARTS) is 1. The van der Waals surface area contributed by atoms with Gasteiger partial charge >= 0.3 is 5.97 Å². The van der Waals surface area contributed by atoms with Crippen molar-refractivity contribution in [1.82, 2.24) is 9.55 Å². The van der Waals surface area contributed by atoms with Crippen molar-refractivity contribution >= 4 is 38.4 Å². The number of aryl methyl sites for hydroxylation is 1. The molecule has 4 nitrogen and oxygen atoms in total. The standard InChI is InChI=1S/C20H16F2N2O2S/c1-10-7-14(21)19-18(17(10)22)23-16(27-19)8-12-9-24(11(2)20(25)26)15-6-4-3-5-13(12)15/h3-7,9,11H,8H2,1-2H3,(H,25,26). The van der Waals surface area contributed by atoms with Gasteiger partial charge < -0.3 is 9.67 Å². The summed E-state index contributed by atoms with van der Waals surface area (Å²) in [5, 5.41) is 10.8. The van der Waals surface area contributed by atoms with Crippen molar-refractivity contribution in [3.8, 4) is 0 Å². The van der Waals surface area contributed by atoms with Gasteiger partial charge in [-0.15, -0.1) is 11.3 Å². The van der Waals surface area contributed by atoms with Gasteiger partial charge in [-0.25, -0.2) is 18.6 Å². The fraction of sp³-hybridized carbons (Fsp3) is 0.200. The first-order valence-corrected chi connectivity index (χ1v) is 9.23. The topological polar surface area (TPSA) is 55.1 Å². The number of hydrogen-bond acceptors (Lipinski definition) is 3. The molecule has 4 aromatic rings. The Labute approximate surface area is 157 Å². The van der Waals surface area contributed by atoms with Crippen LogP contribution in [0.4, 0.5) is 8.78 Å². The second kappa shape index (κ2) is 6.42. The zero-order valence-electron chi connectivity index (χ0n) is 14.7. The Morgan fingerprint density at radius 1 is 1.33 bits per heavy atom. The van der Waals surface area contributed by atoms with E-state index >= 15 is 0 Å². The summed E-state index contributed by atoms with van der Waals surface area (Å²) in [6.45, 7) is 3.13. The van der Waals surface area contributed by atoms with Gasteiger partial charge in [-0.2, -0.15) is 0 Å². The maximum absolute atomic E-state index is 14.3. The molecular weight excluding hydrogens is 370 g/mol. The maximum Gasteiger partial charge on any atom is 0.326 e. The molecule has 2 aromatic carbocycles. The molecule has 0 spiro atoms. The van der Waals surface area contributed by atoms with Gasteiger partial charge in [0.1, 0.15) is 17.4 Å². The first-order chi connectivity index (χ1) is 12.9. The molecule has 1 unspecified atom stereocenters. The lowest BCUT2D eigenvalue weighted by Crippen LogP contribution is -2.14. The van der Waals surface area contributed by atoms with Crippen LogP contribution >= 0.6 is 11.3 Å². The summed E-state index contributed by atoms with van der Waals surface area (Å²) in [5.74, 6) is -1.91. The summed E-state index contributed by atoms with van der Waals surface area (Å²) >= 11 is 1.12. The summed E-state index contributed by atoms with van der Waals surface area (Å²) in [4.78, 5) is 15.7. The number of carbonyl (C=O) groups is 1. The molecule has 0 fully saturated rings. The maximum atomic E-state index is 14.3. The molecule has 0 radical (unpaired) electrons. The minimum Gasteiger partial charge on any atom is -0.480 e. The minimum atomic E-state index is -0.929. The molecule has 0 aliphatic heterocycles.